The van der Waals surface area contributed by atoms with Gasteiger partial charge in [0.05, 0.1) is 0 Å². The lowest BCUT2D eigenvalue weighted by Gasteiger charge is -2.38. The fourth-order valence-electron chi connectivity index (χ4n) is 4.13. The first-order valence-electron chi connectivity index (χ1n) is 7.86. The highest BCUT2D eigenvalue weighted by atomic mass is 16.4. The minimum absolute atomic E-state index is 0.195. The zero-order valence-electron chi connectivity index (χ0n) is 12.0. The number of piperidine rings is 1. The quantitative estimate of drug-likeness (QED) is 0.800. The second kappa shape index (κ2) is 5.26. The summed E-state index contributed by atoms with van der Waals surface area (Å²) in [6.45, 7) is 2.99. The van der Waals surface area contributed by atoms with Crippen LogP contribution in [0.1, 0.15) is 44.9 Å². The van der Waals surface area contributed by atoms with Crippen molar-refractivity contribution in [3.8, 4) is 0 Å². The van der Waals surface area contributed by atoms with Crippen molar-refractivity contribution in [3.05, 3.63) is 0 Å². The van der Waals surface area contributed by atoms with Crippen LogP contribution in [-0.4, -0.2) is 53.1 Å². The van der Waals surface area contributed by atoms with E-state index in [2.05, 4.69) is 4.90 Å². The van der Waals surface area contributed by atoms with Crippen LogP contribution in [0.15, 0.2) is 0 Å². The number of carboxylic acid groups (broad SMARTS) is 1. The van der Waals surface area contributed by atoms with Gasteiger partial charge in [-0.05, 0) is 37.5 Å². The van der Waals surface area contributed by atoms with Crippen LogP contribution in [0.5, 0.6) is 0 Å². The number of carbonyl (C=O) groups excluding carboxylic acids is 1. The average Bonchev–Trinajstić information content (AvgIpc) is 3.09. The van der Waals surface area contributed by atoms with E-state index >= 15 is 0 Å². The van der Waals surface area contributed by atoms with Gasteiger partial charge in [0.2, 0.25) is 5.91 Å². The molecule has 2 heterocycles. The molecule has 2 saturated heterocycles. The molecule has 0 bridgehead atoms. The van der Waals surface area contributed by atoms with E-state index in [0.29, 0.717) is 19.0 Å². The van der Waals surface area contributed by atoms with Crippen molar-refractivity contribution in [2.75, 3.05) is 26.2 Å². The number of hydrogen-bond acceptors (Lipinski definition) is 2. The van der Waals surface area contributed by atoms with Crippen molar-refractivity contribution in [2.45, 2.75) is 44.9 Å². The summed E-state index contributed by atoms with van der Waals surface area (Å²) in [4.78, 5) is 27.0. The van der Waals surface area contributed by atoms with Crippen LogP contribution in [-0.2, 0) is 4.79 Å². The van der Waals surface area contributed by atoms with Crippen molar-refractivity contribution < 1.29 is 14.7 Å². The van der Waals surface area contributed by atoms with E-state index in [4.69, 9.17) is 5.11 Å². The molecule has 0 aromatic carbocycles. The smallest absolute Gasteiger partial charge is 0.407 e. The van der Waals surface area contributed by atoms with Gasteiger partial charge in [0, 0.05) is 32.1 Å². The minimum Gasteiger partial charge on any atom is -0.465 e. The molecule has 1 spiro atoms. The molecule has 1 aliphatic carbocycles. The van der Waals surface area contributed by atoms with Crippen molar-refractivity contribution in [3.63, 3.8) is 0 Å². The minimum atomic E-state index is -0.809. The topological polar surface area (TPSA) is 60.9 Å². The number of nitrogens with zero attached hydrogens (tertiary/aromatic N) is 2. The molecular weight excluding hydrogens is 256 g/mol. The first-order valence-corrected chi connectivity index (χ1v) is 7.86. The Morgan fingerprint density at radius 3 is 2.05 bits per heavy atom. The Balaban J connectivity index is 1.56. The zero-order chi connectivity index (χ0) is 14.2. The third-order valence-electron chi connectivity index (χ3n) is 5.55. The van der Waals surface area contributed by atoms with E-state index < -0.39 is 6.09 Å². The van der Waals surface area contributed by atoms with Crippen LogP contribution in [0.3, 0.4) is 0 Å². The molecule has 112 valence electrons. The predicted molar refractivity (Wildman–Crippen MR) is 74.4 cm³/mol. The molecule has 2 aliphatic heterocycles. The predicted octanol–water partition coefficient (Wildman–Crippen LogP) is 2.17. The van der Waals surface area contributed by atoms with Crippen LogP contribution in [0.4, 0.5) is 4.79 Å². The van der Waals surface area contributed by atoms with Gasteiger partial charge in [-0.15, -0.1) is 0 Å². The van der Waals surface area contributed by atoms with E-state index in [9.17, 15) is 9.59 Å². The summed E-state index contributed by atoms with van der Waals surface area (Å²) in [6, 6.07) is 0. The first kappa shape index (κ1) is 13.7. The lowest BCUT2D eigenvalue weighted by Crippen LogP contribution is -2.44. The van der Waals surface area contributed by atoms with Gasteiger partial charge < -0.3 is 14.9 Å². The Morgan fingerprint density at radius 1 is 0.950 bits per heavy atom. The van der Waals surface area contributed by atoms with Gasteiger partial charge in [0.1, 0.15) is 0 Å². The maximum absolute atomic E-state index is 12.5. The molecule has 0 aromatic heterocycles. The van der Waals surface area contributed by atoms with Crippen molar-refractivity contribution in [1.29, 1.82) is 0 Å². The van der Waals surface area contributed by atoms with Gasteiger partial charge in [-0.25, -0.2) is 4.79 Å². The monoisotopic (exact) mass is 280 g/mol. The Kier molecular flexibility index (Phi) is 3.61. The molecule has 5 heteroatoms. The Hall–Kier alpha value is -1.26. The second-order valence-electron chi connectivity index (χ2n) is 6.76. The molecular formula is C15H24N2O3. The molecule has 1 N–H and O–H groups in total. The summed E-state index contributed by atoms with van der Waals surface area (Å²) in [5.41, 5.74) is 0.195. The molecule has 3 aliphatic rings. The third kappa shape index (κ3) is 2.50. The largest absolute Gasteiger partial charge is 0.465 e. The van der Waals surface area contributed by atoms with Gasteiger partial charge in [-0.3, -0.25) is 4.79 Å². The normalized spacial score (nSPS) is 26.4. The van der Waals surface area contributed by atoms with Crippen LogP contribution >= 0.6 is 0 Å². The highest BCUT2D eigenvalue weighted by Gasteiger charge is 2.43. The molecule has 3 rings (SSSR count). The number of rotatable bonds is 1. The number of amides is 2. The number of likely N-dealkylation sites (tertiary alicyclic amines) is 2. The molecule has 2 amide bonds. The lowest BCUT2D eigenvalue weighted by molar-refractivity contribution is -0.134. The molecule has 1 saturated carbocycles. The lowest BCUT2D eigenvalue weighted by atomic mass is 9.78. The molecule has 0 unspecified atom stereocenters. The SMILES string of the molecule is O=C(O)N1CCC2(CC1)CCN(C(=O)C1CCCC1)C2. The molecule has 0 radical (unpaired) electrons. The van der Waals surface area contributed by atoms with E-state index in [0.717, 1.165) is 45.2 Å². The van der Waals surface area contributed by atoms with Gasteiger partial charge in [-0.1, -0.05) is 12.8 Å². The van der Waals surface area contributed by atoms with Crippen LogP contribution < -0.4 is 0 Å². The zero-order valence-corrected chi connectivity index (χ0v) is 12.0. The van der Waals surface area contributed by atoms with Crippen LogP contribution in [0.2, 0.25) is 0 Å². The van der Waals surface area contributed by atoms with Crippen molar-refractivity contribution >= 4 is 12.0 Å². The fourth-order valence-corrected chi connectivity index (χ4v) is 4.13. The first-order chi connectivity index (χ1) is 9.60. The van der Waals surface area contributed by atoms with Gasteiger partial charge >= 0.3 is 6.09 Å². The van der Waals surface area contributed by atoms with E-state index in [1.54, 1.807) is 0 Å². The molecule has 3 fully saturated rings. The Bertz CT molecular complexity index is 396. The van der Waals surface area contributed by atoms with Crippen molar-refractivity contribution in [1.82, 2.24) is 9.80 Å². The van der Waals surface area contributed by atoms with E-state index in [1.165, 1.54) is 17.7 Å². The highest BCUT2D eigenvalue weighted by molar-refractivity contribution is 5.79. The Morgan fingerprint density at radius 2 is 1.50 bits per heavy atom. The van der Waals surface area contributed by atoms with E-state index in [-0.39, 0.29) is 11.3 Å². The second-order valence-corrected chi connectivity index (χ2v) is 6.76. The fraction of sp³-hybridized carbons (Fsp3) is 0.867. The molecule has 20 heavy (non-hydrogen) atoms. The standard InChI is InChI=1S/C15H24N2O3/c18-13(12-3-1-2-4-12)17-10-7-15(11-17)5-8-16(9-6-15)14(19)20/h12H,1-11H2,(H,19,20). The molecule has 5 nitrogen and oxygen atoms in total. The summed E-state index contributed by atoms with van der Waals surface area (Å²) in [7, 11) is 0. The van der Waals surface area contributed by atoms with Gasteiger partial charge in [0.15, 0.2) is 0 Å². The summed E-state index contributed by atoms with van der Waals surface area (Å²) in [6.07, 6.45) is 6.59. The third-order valence-corrected chi connectivity index (χ3v) is 5.55. The summed E-state index contributed by atoms with van der Waals surface area (Å²) in [5.74, 6) is 0.629. The van der Waals surface area contributed by atoms with Crippen LogP contribution in [0, 0.1) is 11.3 Å². The van der Waals surface area contributed by atoms with Gasteiger partial charge in [0.25, 0.3) is 0 Å². The molecule has 0 aromatic rings. The maximum atomic E-state index is 12.5. The molecule has 0 atom stereocenters. The number of hydrogen-bond donors (Lipinski definition) is 1. The number of carbonyl (C=O) groups is 2. The van der Waals surface area contributed by atoms with Crippen LogP contribution in [0.25, 0.3) is 0 Å². The maximum Gasteiger partial charge on any atom is 0.407 e. The van der Waals surface area contributed by atoms with Crippen molar-refractivity contribution in [2.24, 2.45) is 11.3 Å². The summed E-state index contributed by atoms with van der Waals surface area (Å²) >= 11 is 0. The van der Waals surface area contributed by atoms with E-state index in [1.807, 2.05) is 0 Å². The summed E-state index contributed by atoms with van der Waals surface area (Å²) in [5, 5.41) is 9.01. The summed E-state index contributed by atoms with van der Waals surface area (Å²) < 4.78 is 0. The van der Waals surface area contributed by atoms with Gasteiger partial charge in [-0.2, -0.15) is 0 Å². The highest BCUT2D eigenvalue weighted by Crippen LogP contribution is 2.41. The Labute approximate surface area is 119 Å². The average molecular weight is 280 g/mol.